The van der Waals surface area contributed by atoms with Gasteiger partial charge in [-0.25, -0.2) is 18.2 Å². The zero-order valence-corrected chi connectivity index (χ0v) is 12.7. The normalized spacial score (nSPS) is 11.4. The first-order valence-electron chi connectivity index (χ1n) is 7.10. The topological polar surface area (TPSA) is 24.9 Å². The van der Waals surface area contributed by atoms with Crippen LogP contribution in [0.25, 0.3) is 10.9 Å². The maximum atomic E-state index is 14.2. The van der Waals surface area contributed by atoms with Gasteiger partial charge in [0.15, 0.2) is 11.6 Å². The van der Waals surface area contributed by atoms with Crippen LogP contribution in [0.5, 0.6) is 0 Å². The lowest BCUT2D eigenvalue weighted by Gasteiger charge is -2.20. The molecule has 2 nitrogen and oxygen atoms in total. The summed E-state index contributed by atoms with van der Waals surface area (Å²) in [5.74, 6) is -3.03. The first kappa shape index (κ1) is 15.6. The molecule has 5 heteroatoms. The van der Waals surface area contributed by atoms with Crippen LogP contribution in [0.1, 0.15) is 44.4 Å². The van der Waals surface area contributed by atoms with Gasteiger partial charge in [-0.3, -0.25) is 0 Å². The van der Waals surface area contributed by atoms with E-state index in [4.69, 9.17) is 0 Å². The zero-order valence-electron chi connectivity index (χ0n) is 12.7. The van der Waals surface area contributed by atoms with Crippen molar-refractivity contribution in [2.24, 2.45) is 0 Å². The Bertz CT molecular complexity index is 681. The molecule has 2 rings (SSSR count). The van der Waals surface area contributed by atoms with E-state index in [1.807, 2.05) is 20.8 Å². The van der Waals surface area contributed by atoms with E-state index in [1.54, 1.807) is 6.92 Å². The maximum absolute atomic E-state index is 14.2. The van der Waals surface area contributed by atoms with E-state index in [2.05, 4.69) is 10.3 Å². The Morgan fingerprint density at radius 1 is 1.19 bits per heavy atom. The minimum absolute atomic E-state index is 0.0247. The fourth-order valence-electron chi connectivity index (χ4n) is 2.61. The number of halogens is 3. The molecule has 1 aromatic heterocycles. The van der Waals surface area contributed by atoms with Crippen LogP contribution in [0.15, 0.2) is 6.07 Å². The van der Waals surface area contributed by atoms with Crippen molar-refractivity contribution in [2.75, 3.05) is 11.9 Å². The van der Waals surface area contributed by atoms with E-state index in [9.17, 15) is 13.2 Å². The number of rotatable bonds is 4. The van der Waals surface area contributed by atoms with Gasteiger partial charge in [-0.15, -0.1) is 0 Å². The molecule has 0 atom stereocenters. The Morgan fingerprint density at radius 2 is 1.86 bits per heavy atom. The molecule has 0 aliphatic carbocycles. The molecule has 1 heterocycles. The minimum atomic E-state index is -1.22. The lowest BCUT2D eigenvalue weighted by molar-refractivity contribution is 0.504. The van der Waals surface area contributed by atoms with Crippen LogP contribution >= 0.6 is 0 Å². The van der Waals surface area contributed by atoms with Crippen LogP contribution in [0.3, 0.4) is 0 Å². The number of nitrogens with one attached hydrogen (secondary N) is 1. The summed E-state index contributed by atoms with van der Waals surface area (Å²) in [5.41, 5.74) is 1.68. The number of hydrogen-bond donors (Lipinski definition) is 1. The minimum Gasteiger partial charge on any atom is -0.384 e. The Labute approximate surface area is 122 Å². The van der Waals surface area contributed by atoms with E-state index in [0.29, 0.717) is 24.0 Å². The molecule has 0 saturated heterocycles. The van der Waals surface area contributed by atoms with E-state index in [0.717, 1.165) is 12.0 Å². The van der Waals surface area contributed by atoms with Gasteiger partial charge in [0.2, 0.25) is 0 Å². The Morgan fingerprint density at radius 3 is 2.43 bits per heavy atom. The predicted molar refractivity (Wildman–Crippen MR) is 79.2 cm³/mol. The second-order valence-corrected chi connectivity index (χ2v) is 5.45. The molecule has 0 amide bonds. The fourth-order valence-corrected chi connectivity index (χ4v) is 2.61. The molecule has 0 radical (unpaired) electrons. The van der Waals surface area contributed by atoms with Gasteiger partial charge < -0.3 is 5.32 Å². The number of aryl methyl sites for hydroxylation is 1. The number of pyridine rings is 1. The molecule has 0 aliphatic rings. The predicted octanol–water partition coefficient (Wildman–Crippen LogP) is 4.91. The summed E-state index contributed by atoms with van der Waals surface area (Å²) in [4.78, 5) is 4.09. The van der Waals surface area contributed by atoms with Gasteiger partial charge in [0.05, 0.1) is 11.1 Å². The average Bonchev–Trinajstić information content (AvgIpc) is 2.41. The third-order valence-corrected chi connectivity index (χ3v) is 3.46. The molecule has 0 fully saturated rings. The fraction of sp³-hybridized carbons (Fsp3) is 0.438. The van der Waals surface area contributed by atoms with Gasteiger partial charge in [-0.05, 0) is 24.8 Å². The van der Waals surface area contributed by atoms with E-state index >= 15 is 0 Å². The average molecular weight is 296 g/mol. The van der Waals surface area contributed by atoms with Crippen molar-refractivity contribution in [1.82, 2.24) is 4.98 Å². The van der Waals surface area contributed by atoms with Crippen molar-refractivity contribution in [3.8, 4) is 0 Å². The molecule has 21 heavy (non-hydrogen) atoms. The highest BCUT2D eigenvalue weighted by Gasteiger charge is 2.22. The van der Waals surface area contributed by atoms with Crippen LogP contribution < -0.4 is 5.32 Å². The zero-order chi connectivity index (χ0) is 15.7. The highest BCUT2D eigenvalue weighted by molar-refractivity contribution is 5.94. The largest absolute Gasteiger partial charge is 0.384 e. The van der Waals surface area contributed by atoms with Crippen molar-refractivity contribution < 1.29 is 13.2 Å². The summed E-state index contributed by atoms with van der Waals surface area (Å²) in [6.07, 6.45) is 0.839. The van der Waals surface area contributed by atoms with Crippen LogP contribution in [0.2, 0.25) is 0 Å². The third kappa shape index (κ3) is 2.69. The molecular formula is C16H19F3N2. The summed E-state index contributed by atoms with van der Waals surface area (Å²) in [6, 6.07) is 0.579. The van der Waals surface area contributed by atoms with Gasteiger partial charge in [0, 0.05) is 18.3 Å². The van der Waals surface area contributed by atoms with Crippen molar-refractivity contribution in [2.45, 2.75) is 40.0 Å². The van der Waals surface area contributed by atoms with E-state index in [-0.39, 0.29) is 16.8 Å². The van der Waals surface area contributed by atoms with Gasteiger partial charge in [-0.2, -0.15) is 0 Å². The smallest absolute Gasteiger partial charge is 0.185 e. The monoisotopic (exact) mass is 296 g/mol. The number of hydrogen-bond acceptors (Lipinski definition) is 2. The summed E-state index contributed by atoms with van der Waals surface area (Å²) in [6.45, 7) is 8.26. The van der Waals surface area contributed by atoms with Crippen LogP contribution in [-0.2, 0) is 0 Å². The molecule has 0 aliphatic heterocycles. The number of fused-ring (bicyclic) bond motifs is 1. The first-order valence-corrected chi connectivity index (χ1v) is 7.10. The summed E-state index contributed by atoms with van der Waals surface area (Å²) in [7, 11) is 0. The molecule has 114 valence electrons. The van der Waals surface area contributed by atoms with Crippen LogP contribution in [0, 0.1) is 24.4 Å². The third-order valence-electron chi connectivity index (χ3n) is 3.46. The Kier molecular flexibility index (Phi) is 4.40. The van der Waals surface area contributed by atoms with Crippen molar-refractivity contribution in [1.29, 1.82) is 0 Å². The molecule has 1 aromatic carbocycles. The molecule has 0 bridgehead atoms. The number of nitrogens with zero attached hydrogens (tertiary/aromatic N) is 1. The molecule has 0 unspecified atom stereocenters. The van der Waals surface area contributed by atoms with Crippen molar-refractivity contribution >= 4 is 16.6 Å². The molecular weight excluding hydrogens is 277 g/mol. The first-order chi connectivity index (χ1) is 9.88. The van der Waals surface area contributed by atoms with Gasteiger partial charge in [0.1, 0.15) is 11.3 Å². The number of aromatic nitrogens is 1. The van der Waals surface area contributed by atoms with Gasteiger partial charge in [0.25, 0.3) is 0 Å². The van der Waals surface area contributed by atoms with E-state index in [1.165, 1.54) is 0 Å². The Hall–Kier alpha value is -1.78. The second-order valence-electron chi connectivity index (χ2n) is 5.45. The van der Waals surface area contributed by atoms with Gasteiger partial charge in [-0.1, -0.05) is 20.8 Å². The lowest BCUT2D eigenvalue weighted by atomic mass is 9.96. The maximum Gasteiger partial charge on any atom is 0.185 e. The molecule has 2 aromatic rings. The molecule has 0 saturated carbocycles. The van der Waals surface area contributed by atoms with Gasteiger partial charge >= 0.3 is 0 Å². The standard InChI is InChI=1S/C16H19F3N2/c1-5-6-20-15-12(8(2)3)9(4)21-16-13(15)10(17)7-11(18)14(16)19/h7-8H,5-6H2,1-4H3,(H,20,21). The summed E-state index contributed by atoms with van der Waals surface area (Å²) in [5, 5.41) is 3.17. The van der Waals surface area contributed by atoms with Crippen LogP contribution in [-0.4, -0.2) is 11.5 Å². The quantitative estimate of drug-likeness (QED) is 0.811. The summed E-state index contributed by atoms with van der Waals surface area (Å²) >= 11 is 0. The molecule has 0 spiro atoms. The SMILES string of the molecule is CCCNc1c(C(C)C)c(C)nc2c(F)c(F)cc(F)c12. The molecule has 1 N–H and O–H groups in total. The van der Waals surface area contributed by atoms with Crippen molar-refractivity contribution in [3.63, 3.8) is 0 Å². The second kappa shape index (κ2) is 5.92. The van der Waals surface area contributed by atoms with Crippen molar-refractivity contribution in [3.05, 3.63) is 34.8 Å². The van der Waals surface area contributed by atoms with Crippen LogP contribution in [0.4, 0.5) is 18.9 Å². The lowest BCUT2D eigenvalue weighted by Crippen LogP contribution is -2.10. The van der Waals surface area contributed by atoms with E-state index < -0.39 is 17.5 Å². The number of anilines is 1. The summed E-state index contributed by atoms with van der Waals surface area (Å²) < 4.78 is 41.6. The number of benzene rings is 1. The highest BCUT2D eigenvalue weighted by atomic mass is 19.2. The highest BCUT2D eigenvalue weighted by Crippen LogP contribution is 2.36. The Balaban J connectivity index is 2.89.